The molecule has 0 aliphatic carbocycles. The average Bonchev–Trinajstić information content (AvgIpc) is 2.92. The summed E-state index contributed by atoms with van der Waals surface area (Å²) >= 11 is 0. The van der Waals surface area contributed by atoms with Crippen LogP contribution in [0.3, 0.4) is 0 Å². The van der Waals surface area contributed by atoms with Gasteiger partial charge in [0.25, 0.3) is 5.91 Å². The summed E-state index contributed by atoms with van der Waals surface area (Å²) in [5, 5.41) is 2.71. The van der Waals surface area contributed by atoms with Gasteiger partial charge in [0.05, 0.1) is 12.5 Å². The lowest BCUT2D eigenvalue weighted by Crippen LogP contribution is -2.27. The van der Waals surface area contributed by atoms with Gasteiger partial charge in [-0.3, -0.25) is 14.4 Å². The minimum atomic E-state index is -0.327. The third-order valence-electron chi connectivity index (χ3n) is 3.72. The number of nitrogens with one attached hydrogen (secondary N) is 1. The van der Waals surface area contributed by atoms with Gasteiger partial charge in [0, 0.05) is 31.6 Å². The largest absolute Gasteiger partial charge is 0.463 e. The van der Waals surface area contributed by atoms with Crippen LogP contribution in [-0.2, 0) is 20.9 Å². The third-order valence-corrected chi connectivity index (χ3v) is 3.72. The molecule has 6 heteroatoms. The number of carbonyl (C=O) groups excluding carboxylic acids is 3. The van der Waals surface area contributed by atoms with Gasteiger partial charge in [0.1, 0.15) is 0 Å². The Morgan fingerprint density at radius 2 is 2.12 bits per heavy atom. The number of amides is 2. The van der Waals surface area contributed by atoms with Crippen molar-refractivity contribution in [3.8, 4) is 0 Å². The van der Waals surface area contributed by atoms with Gasteiger partial charge in [-0.25, -0.2) is 0 Å². The molecule has 1 aromatic rings. The van der Waals surface area contributed by atoms with Crippen LogP contribution in [-0.4, -0.2) is 41.9 Å². The Bertz CT molecular complexity index is 613. The second kappa shape index (κ2) is 8.47. The molecule has 1 fully saturated rings. The summed E-state index contributed by atoms with van der Waals surface area (Å²) in [6.45, 7) is 5.10. The third kappa shape index (κ3) is 5.37. The average molecular weight is 332 g/mol. The minimum Gasteiger partial charge on any atom is -0.463 e. The highest BCUT2D eigenvalue weighted by Gasteiger charge is 2.20. The molecule has 130 valence electrons. The molecule has 24 heavy (non-hydrogen) atoms. The van der Waals surface area contributed by atoms with E-state index >= 15 is 0 Å². The van der Waals surface area contributed by atoms with Crippen molar-refractivity contribution in [1.82, 2.24) is 10.2 Å². The fourth-order valence-corrected chi connectivity index (χ4v) is 2.60. The van der Waals surface area contributed by atoms with Gasteiger partial charge in [-0.05, 0) is 38.0 Å². The lowest BCUT2D eigenvalue weighted by atomic mass is 10.1. The van der Waals surface area contributed by atoms with Gasteiger partial charge in [-0.1, -0.05) is 12.1 Å². The van der Waals surface area contributed by atoms with Crippen molar-refractivity contribution in [2.45, 2.75) is 45.8 Å². The number of hydrogen-bond donors (Lipinski definition) is 1. The monoisotopic (exact) mass is 332 g/mol. The van der Waals surface area contributed by atoms with E-state index in [1.165, 1.54) is 0 Å². The zero-order valence-electron chi connectivity index (χ0n) is 14.2. The molecule has 0 aromatic heterocycles. The predicted octanol–water partition coefficient (Wildman–Crippen LogP) is 1.88. The summed E-state index contributed by atoms with van der Waals surface area (Å²) in [7, 11) is 0. The number of benzene rings is 1. The summed E-state index contributed by atoms with van der Waals surface area (Å²) in [6, 6.07) is 7.21. The molecular formula is C18H24N2O4. The highest BCUT2D eigenvalue weighted by molar-refractivity contribution is 5.94. The van der Waals surface area contributed by atoms with Crippen LogP contribution in [0.25, 0.3) is 0 Å². The lowest BCUT2D eigenvalue weighted by Gasteiger charge is -2.16. The molecular weight excluding hydrogens is 308 g/mol. The molecule has 0 bridgehead atoms. The molecule has 1 N–H and O–H groups in total. The predicted molar refractivity (Wildman–Crippen MR) is 89.3 cm³/mol. The molecule has 1 saturated heterocycles. The highest BCUT2D eigenvalue weighted by Crippen LogP contribution is 2.15. The fourth-order valence-electron chi connectivity index (χ4n) is 2.60. The number of likely N-dealkylation sites (tertiary alicyclic amines) is 1. The molecule has 1 aliphatic rings. The summed E-state index contributed by atoms with van der Waals surface area (Å²) < 4.78 is 5.01. The number of esters is 1. The van der Waals surface area contributed by atoms with Crippen LogP contribution in [0.5, 0.6) is 0 Å². The van der Waals surface area contributed by atoms with Gasteiger partial charge in [0.2, 0.25) is 5.91 Å². The van der Waals surface area contributed by atoms with Gasteiger partial charge in [-0.2, -0.15) is 0 Å². The van der Waals surface area contributed by atoms with Crippen LogP contribution in [0, 0.1) is 0 Å². The highest BCUT2D eigenvalue weighted by atomic mass is 16.5. The van der Waals surface area contributed by atoms with Crippen LogP contribution >= 0.6 is 0 Å². The summed E-state index contributed by atoms with van der Waals surface area (Å²) in [5.41, 5.74) is 1.45. The van der Waals surface area contributed by atoms with Gasteiger partial charge < -0.3 is 15.0 Å². The summed E-state index contributed by atoms with van der Waals surface area (Å²) in [5.74, 6) is -0.401. The summed E-state index contributed by atoms with van der Waals surface area (Å²) in [6.07, 6.45) is 1.49. The lowest BCUT2D eigenvalue weighted by molar-refractivity contribution is -0.147. The standard InChI is InChI=1S/C18H24N2O4/c1-13(2)24-17(22)8-9-19-18(23)15-6-3-5-14(11-15)12-20-10-4-7-16(20)21/h3,5-6,11,13H,4,7-10,12H2,1-2H3,(H,19,23). The molecule has 1 aliphatic heterocycles. The molecule has 0 spiro atoms. The molecule has 0 radical (unpaired) electrons. The molecule has 0 saturated carbocycles. The van der Waals surface area contributed by atoms with E-state index in [0.29, 0.717) is 18.5 Å². The van der Waals surface area contributed by atoms with Crippen molar-refractivity contribution < 1.29 is 19.1 Å². The van der Waals surface area contributed by atoms with Crippen molar-refractivity contribution in [2.75, 3.05) is 13.1 Å². The fraction of sp³-hybridized carbons (Fsp3) is 0.500. The zero-order valence-corrected chi connectivity index (χ0v) is 14.2. The first kappa shape index (κ1) is 18.0. The van der Waals surface area contributed by atoms with Crippen LogP contribution in [0.4, 0.5) is 0 Å². The van der Waals surface area contributed by atoms with E-state index in [0.717, 1.165) is 18.5 Å². The molecule has 2 rings (SSSR count). The van der Waals surface area contributed by atoms with Gasteiger partial charge >= 0.3 is 5.97 Å². The van der Waals surface area contributed by atoms with E-state index in [9.17, 15) is 14.4 Å². The second-order valence-electron chi connectivity index (χ2n) is 6.16. The smallest absolute Gasteiger partial charge is 0.307 e. The van der Waals surface area contributed by atoms with Crippen LogP contribution < -0.4 is 5.32 Å². The normalized spacial score (nSPS) is 14.1. The molecule has 0 unspecified atom stereocenters. The molecule has 1 aromatic carbocycles. The van der Waals surface area contributed by atoms with E-state index in [-0.39, 0.29) is 36.9 Å². The van der Waals surface area contributed by atoms with E-state index in [1.807, 2.05) is 6.07 Å². The Kier molecular flexibility index (Phi) is 6.35. The van der Waals surface area contributed by atoms with E-state index in [1.54, 1.807) is 36.9 Å². The number of rotatable bonds is 7. The maximum Gasteiger partial charge on any atom is 0.307 e. The Morgan fingerprint density at radius 3 is 2.79 bits per heavy atom. The zero-order chi connectivity index (χ0) is 17.5. The van der Waals surface area contributed by atoms with Gasteiger partial charge in [0.15, 0.2) is 0 Å². The van der Waals surface area contributed by atoms with E-state index in [4.69, 9.17) is 4.74 Å². The van der Waals surface area contributed by atoms with Crippen molar-refractivity contribution in [3.63, 3.8) is 0 Å². The maximum absolute atomic E-state index is 12.2. The van der Waals surface area contributed by atoms with E-state index < -0.39 is 0 Å². The van der Waals surface area contributed by atoms with Crippen molar-refractivity contribution in [2.24, 2.45) is 0 Å². The van der Waals surface area contributed by atoms with Crippen molar-refractivity contribution >= 4 is 17.8 Å². The topological polar surface area (TPSA) is 75.7 Å². The minimum absolute atomic E-state index is 0.145. The van der Waals surface area contributed by atoms with Gasteiger partial charge in [-0.15, -0.1) is 0 Å². The van der Waals surface area contributed by atoms with Crippen LogP contribution in [0.1, 0.15) is 49.0 Å². The van der Waals surface area contributed by atoms with Crippen LogP contribution in [0.15, 0.2) is 24.3 Å². The Hall–Kier alpha value is -2.37. The summed E-state index contributed by atoms with van der Waals surface area (Å²) in [4.78, 5) is 37.1. The number of carbonyl (C=O) groups is 3. The van der Waals surface area contributed by atoms with E-state index in [2.05, 4.69) is 5.32 Å². The quantitative estimate of drug-likeness (QED) is 0.774. The molecule has 6 nitrogen and oxygen atoms in total. The van der Waals surface area contributed by atoms with Crippen molar-refractivity contribution in [3.05, 3.63) is 35.4 Å². The Morgan fingerprint density at radius 1 is 1.33 bits per heavy atom. The molecule has 1 heterocycles. The SMILES string of the molecule is CC(C)OC(=O)CCNC(=O)c1cccc(CN2CCCC2=O)c1. The maximum atomic E-state index is 12.2. The Labute approximate surface area is 142 Å². The first-order valence-corrected chi connectivity index (χ1v) is 8.30. The first-order valence-electron chi connectivity index (χ1n) is 8.30. The number of ether oxygens (including phenoxy) is 1. The second-order valence-corrected chi connectivity index (χ2v) is 6.16. The number of nitrogens with zero attached hydrogens (tertiary/aromatic N) is 1. The Balaban J connectivity index is 1.85. The molecule has 2 amide bonds. The van der Waals surface area contributed by atoms with Crippen LogP contribution in [0.2, 0.25) is 0 Å². The number of hydrogen-bond acceptors (Lipinski definition) is 4. The van der Waals surface area contributed by atoms with Crippen molar-refractivity contribution in [1.29, 1.82) is 0 Å². The first-order chi connectivity index (χ1) is 11.5. The molecule has 0 atom stereocenters.